The van der Waals surface area contributed by atoms with Gasteiger partial charge < -0.3 is 38.8 Å². The number of rotatable bonds is 9. The van der Waals surface area contributed by atoms with Crippen molar-refractivity contribution in [2.45, 2.75) is 38.1 Å². The van der Waals surface area contributed by atoms with Gasteiger partial charge in [-0.25, -0.2) is 4.85 Å². The maximum absolute atomic E-state index is 11.1. The summed E-state index contributed by atoms with van der Waals surface area (Å²) in [6.07, 6.45) is 4.38. The van der Waals surface area contributed by atoms with Crippen LogP contribution >= 0.6 is 0 Å². The van der Waals surface area contributed by atoms with Crippen molar-refractivity contribution in [2.75, 3.05) is 52.5 Å². The van der Waals surface area contributed by atoms with Gasteiger partial charge in [-0.2, -0.15) is 0 Å². The molecule has 6 aromatic carbocycles. The molecule has 59 heavy (non-hydrogen) atoms. The number of aliphatic hydroxyl groups is 2. The van der Waals surface area contributed by atoms with E-state index in [4.69, 9.17) is 30.3 Å². The largest absolute Gasteiger partial charge is 0.497 e. The van der Waals surface area contributed by atoms with Crippen LogP contribution in [0.15, 0.2) is 97.1 Å². The fourth-order valence-corrected chi connectivity index (χ4v) is 9.41. The molecule has 0 aromatic heterocycles. The third kappa shape index (κ3) is 6.01. The second-order valence-electron chi connectivity index (χ2n) is 15.7. The summed E-state index contributed by atoms with van der Waals surface area (Å²) in [6, 6.07) is 30.5. The van der Waals surface area contributed by atoms with Crippen molar-refractivity contribution in [2.24, 2.45) is 0 Å². The zero-order chi connectivity index (χ0) is 41.1. The van der Waals surface area contributed by atoms with E-state index in [1.54, 1.807) is 21.3 Å². The molecule has 298 valence electrons. The molecule has 1 atom stereocenters. The Labute approximate surface area is 344 Å². The lowest BCUT2D eigenvalue weighted by Gasteiger charge is -2.39. The number of morpholine rings is 1. The summed E-state index contributed by atoms with van der Waals surface area (Å²) in [5, 5.41) is 23.3. The van der Waals surface area contributed by atoms with Crippen LogP contribution in [0.2, 0.25) is 0 Å². The quantitative estimate of drug-likeness (QED) is 0.140. The van der Waals surface area contributed by atoms with Crippen molar-refractivity contribution < 1.29 is 33.9 Å². The van der Waals surface area contributed by atoms with E-state index in [1.807, 2.05) is 36.4 Å². The monoisotopic (exact) mass is 786 g/mol. The molecule has 0 saturated carbocycles. The summed E-state index contributed by atoms with van der Waals surface area (Å²) >= 11 is 0. The van der Waals surface area contributed by atoms with Crippen LogP contribution in [0.5, 0.6) is 23.0 Å². The summed E-state index contributed by atoms with van der Waals surface area (Å²) in [7, 11) is 4.78. The van der Waals surface area contributed by atoms with Gasteiger partial charge in [-0.3, -0.25) is 0 Å². The molecular formula is C50H46N2O7. The average molecular weight is 787 g/mol. The predicted octanol–water partition coefficient (Wildman–Crippen LogP) is 9.56. The maximum atomic E-state index is 11.1. The van der Waals surface area contributed by atoms with E-state index in [-0.39, 0.29) is 13.2 Å². The van der Waals surface area contributed by atoms with Crippen LogP contribution in [0.3, 0.4) is 0 Å². The van der Waals surface area contributed by atoms with E-state index in [9.17, 15) is 10.2 Å². The third-order valence-electron chi connectivity index (χ3n) is 12.4. The Morgan fingerprint density at radius 1 is 0.763 bits per heavy atom. The summed E-state index contributed by atoms with van der Waals surface area (Å²) in [6.45, 7) is 14.8. The maximum Gasteiger partial charge on any atom is 0.187 e. The Kier molecular flexibility index (Phi) is 9.60. The van der Waals surface area contributed by atoms with E-state index in [2.05, 4.69) is 90.3 Å². The number of benzene rings is 6. The number of anilines is 1. The molecule has 6 aromatic rings. The highest BCUT2D eigenvalue weighted by Gasteiger charge is 2.44. The Hall–Kier alpha value is -6.31. The van der Waals surface area contributed by atoms with Gasteiger partial charge in [0.05, 0.1) is 54.3 Å². The van der Waals surface area contributed by atoms with Gasteiger partial charge in [-0.15, -0.1) is 0 Å². The van der Waals surface area contributed by atoms with Gasteiger partial charge in [0.1, 0.15) is 11.5 Å². The van der Waals surface area contributed by atoms with Crippen molar-refractivity contribution in [1.82, 2.24) is 0 Å². The number of fused-ring (bicyclic) bond motifs is 8. The Bertz CT molecular complexity index is 2660. The highest BCUT2D eigenvalue weighted by Crippen LogP contribution is 2.59. The summed E-state index contributed by atoms with van der Waals surface area (Å²) in [5.41, 5.74) is 10.1. The lowest BCUT2D eigenvalue weighted by molar-refractivity contribution is 0.122. The van der Waals surface area contributed by atoms with Crippen LogP contribution in [-0.4, -0.2) is 57.8 Å². The molecule has 9 nitrogen and oxygen atoms in total. The molecule has 0 radical (unpaired) electrons. The summed E-state index contributed by atoms with van der Waals surface area (Å²) in [5.74, 6) is 2.37. The Balaban J connectivity index is 1.34. The highest BCUT2D eigenvalue weighted by atomic mass is 16.5. The molecule has 1 unspecified atom stereocenters. The van der Waals surface area contributed by atoms with E-state index >= 15 is 0 Å². The molecule has 0 bridgehead atoms. The average Bonchev–Trinajstić information content (AvgIpc) is 3.53. The zero-order valence-corrected chi connectivity index (χ0v) is 33.9. The first-order chi connectivity index (χ1) is 28.7. The molecule has 0 spiro atoms. The van der Waals surface area contributed by atoms with Gasteiger partial charge >= 0.3 is 0 Å². The molecule has 2 heterocycles. The molecule has 1 saturated heterocycles. The minimum absolute atomic E-state index is 0.237. The van der Waals surface area contributed by atoms with Crippen LogP contribution in [0.25, 0.3) is 43.9 Å². The molecule has 2 aliphatic heterocycles. The molecule has 1 aliphatic carbocycles. The van der Waals surface area contributed by atoms with Crippen LogP contribution in [-0.2, 0) is 29.0 Å². The van der Waals surface area contributed by atoms with Crippen molar-refractivity contribution in [1.29, 1.82) is 0 Å². The van der Waals surface area contributed by atoms with Crippen LogP contribution in [0.4, 0.5) is 11.4 Å². The predicted molar refractivity (Wildman–Crippen MR) is 231 cm³/mol. The van der Waals surface area contributed by atoms with Gasteiger partial charge in [0.2, 0.25) is 0 Å². The van der Waals surface area contributed by atoms with Gasteiger partial charge in [0, 0.05) is 51.8 Å². The number of hydrogen-bond acceptors (Lipinski definition) is 8. The van der Waals surface area contributed by atoms with Gasteiger partial charge in [0.25, 0.3) is 0 Å². The number of hydrogen-bond donors (Lipinski definition) is 2. The summed E-state index contributed by atoms with van der Waals surface area (Å²) in [4.78, 5) is 6.14. The molecule has 0 amide bonds. The van der Waals surface area contributed by atoms with Gasteiger partial charge in [-0.1, -0.05) is 62.4 Å². The fraction of sp³-hybridized carbons (Fsp3) is 0.260. The second kappa shape index (κ2) is 14.8. The number of ether oxygens (including phenoxy) is 5. The van der Waals surface area contributed by atoms with E-state index in [0.717, 1.165) is 85.4 Å². The SMILES string of the molecule is [C-]#[N+]c1ccc2c(c1)C(C)(C)c1c3c(c4cc(-c5cc(CO)c(OC)c(OC)c5)c(CO)cc4c1-2)OC(c1ccc(OC)cc1)(c1ccc(N2CCOCC2)cc1)C=C3. The minimum Gasteiger partial charge on any atom is -0.497 e. The topological polar surface area (TPSA) is 94.2 Å². The lowest BCUT2D eigenvalue weighted by Crippen LogP contribution is -2.37. The first kappa shape index (κ1) is 38.2. The number of aliphatic hydroxyl groups excluding tert-OH is 2. The molecule has 9 heteroatoms. The van der Waals surface area contributed by atoms with Crippen molar-refractivity contribution in [3.8, 4) is 45.3 Å². The van der Waals surface area contributed by atoms with E-state index in [1.165, 1.54) is 0 Å². The number of methoxy groups -OCH3 is 3. The fourth-order valence-electron chi connectivity index (χ4n) is 9.41. The second-order valence-corrected chi connectivity index (χ2v) is 15.7. The first-order valence-electron chi connectivity index (χ1n) is 19.8. The molecular weight excluding hydrogens is 741 g/mol. The first-order valence-corrected chi connectivity index (χ1v) is 19.8. The summed E-state index contributed by atoms with van der Waals surface area (Å²) < 4.78 is 30.3. The van der Waals surface area contributed by atoms with Crippen molar-refractivity contribution in [3.63, 3.8) is 0 Å². The van der Waals surface area contributed by atoms with E-state index < -0.39 is 11.0 Å². The minimum atomic E-state index is -1.04. The molecule has 1 fully saturated rings. The van der Waals surface area contributed by atoms with Gasteiger partial charge in [-0.05, 0) is 98.9 Å². The number of nitrogens with zero attached hydrogens (tertiary/aromatic N) is 2. The third-order valence-corrected chi connectivity index (χ3v) is 12.4. The Morgan fingerprint density at radius 3 is 2.12 bits per heavy atom. The van der Waals surface area contributed by atoms with Gasteiger partial charge in [0.15, 0.2) is 22.8 Å². The smallest absolute Gasteiger partial charge is 0.187 e. The zero-order valence-electron chi connectivity index (χ0n) is 33.9. The van der Waals surface area contributed by atoms with Crippen molar-refractivity contribution >= 4 is 28.2 Å². The molecule has 3 aliphatic rings. The van der Waals surface area contributed by atoms with E-state index in [0.29, 0.717) is 47.3 Å². The lowest BCUT2D eigenvalue weighted by atomic mass is 9.76. The van der Waals surface area contributed by atoms with Crippen molar-refractivity contribution in [3.05, 3.63) is 147 Å². The van der Waals surface area contributed by atoms with Crippen LogP contribution < -0.4 is 23.8 Å². The normalized spacial score (nSPS) is 17.4. The van der Waals surface area contributed by atoms with Crippen LogP contribution in [0, 0.1) is 6.57 Å². The standard InChI is InChI=1S/C50H46N2O7/c1-49(2)43-26-35(51-3)11-16-38(43)45-41-24-31(28-53)40(30-23-32(29-54)47(57-6)44(25-30)56-5)27-42(41)48-39(46(45)49)17-18-50(59-48,34-9-14-37(55-4)15-10-34)33-7-12-36(13-8-33)52-19-21-58-22-20-52/h7-18,23-27,53-54H,19-22,28-29H2,1-2,4-6H3. The molecule has 9 rings (SSSR count). The highest BCUT2D eigenvalue weighted by molar-refractivity contribution is 6.10. The molecule has 2 N–H and O–H groups in total. The van der Waals surface area contributed by atoms with Crippen LogP contribution in [0.1, 0.15) is 52.8 Å². The Morgan fingerprint density at radius 2 is 1.47 bits per heavy atom.